The first kappa shape index (κ1) is 26.3. The fourth-order valence-corrected chi connectivity index (χ4v) is 4.78. The second-order valence-electron chi connectivity index (χ2n) is 9.17. The topological polar surface area (TPSA) is 82.2 Å². The Labute approximate surface area is 214 Å². The van der Waals surface area contributed by atoms with E-state index >= 15 is 0 Å². The average Bonchev–Trinajstić information content (AvgIpc) is 2.87. The van der Waals surface area contributed by atoms with E-state index in [9.17, 15) is 23.2 Å². The maximum atomic E-state index is 13.6. The van der Waals surface area contributed by atoms with Gasteiger partial charge < -0.3 is 15.0 Å². The third kappa shape index (κ3) is 5.64. The minimum absolute atomic E-state index is 0.154. The fraction of sp³-hybridized carbons (Fsp3) is 0.370. The number of rotatable bonds is 6. The maximum absolute atomic E-state index is 13.6. The molecule has 0 unspecified atom stereocenters. The van der Waals surface area contributed by atoms with Crippen molar-refractivity contribution in [2.75, 3.05) is 39.8 Å². The van der Waals surface area contributed by atoms with Crippen LogP contribution in [0.2, 0.25) is 0 Å². The van der Waals surface area contributed by atoms with Crippen molar-refractivity contribution in [3.05, 3.63) is 82.6 Å². The second kappa shape index (κ2) is 11.1. The van der Waals surface area contributed by atoms with Gasteiger partial charge >= 0.3 is 12.0 Å². The molecule has 37 heavy (non-hydrogen) atoms. The molecule has 0 radical (unpaired) electrons. The SMILES string of the molecule is CCOC(=O)C1=C(CN2CCN(C(=O)c3cccc(F)c3)[C@@H](C)C2)N(C)C(=O)N[C@@H]1c1ccc(F)cc1. The highest BCUT2D eigenvalue weighted by Crippen LogP contribution is 2.32. The van der Waals surface area contributed by atoms with E-state index < -0.39 is 29.7 Å². The van der Waals surface area contributed by atoms with E-state index in [1.54, 1.807) is 24.9 Å². The molecule has 2 atom stereocenters. The highest BCUT2D eigenvalue weighted by Gasteiger charge is 2.38. The Hall–Kier alpha value is -3.79. The Kier molecular flexibility index (Phi) is 7.87. The normalized spacial score (nSPS) is 20.6. The Morgan fingerprint density at radius 1 is 1.08 bits per heavy atom. The lowest BCUT2D eigenvalue weighted by Gasteiger charge is -2.42. The number of amides is 3. The Morgan fingerprint density at radius 3 is 2.46 bits per heavy atom. The summed E-state index contributed by atoms with van der Waals surface area (Å²) in [7, 11) is 1.58. The molecule has 1 fully saturated rings. The van der Waals surface area contributed by atoms with E-state index in [0.29, 0.717) is 36.5 Å². The number of nitrogens with zero attached hydrogens (tertiary/aromatic N) is 3. The highest BCUT2D eigenvalue weighted by molar-refractivity contribution is 5.95. The first-order valence-electron chi connectivity index (χ1n) is 12.2. The van der Waals surface area contributed by atoms with Crippen LogP contribution in [-0.2, 0) is 9.53 Å². The van der Waals surface area contributed by atoms with Crippen LogP contribution in [0.1, 0.15) is 35.8 Å². The number of likely N-dealkylation sites (N-methyl/N-ethyl adjacent to an activating group) is 1. The first-order valence-corrected chi connectivity index (χ1v) is 12.2. The fourth-order valence-electron chi connectivity index (χ4n) is 4.78. The van der Waals surface area contributed by atoms with Gasteiger partial charge in [-0.15, -0.1) is 0 Å². The van der Waals surface area contributed by atoms with Crippen LogP contribution in [-0.4, -0.2) is 78.5 Å². The molecular formula is C27H30F2N4O4. The number of carbonyl (C=O) groups excluding carboxylic acids is 3. The van der Waals surface area contributed by atoms with Gasteiger partial charge in [0.25, 0.3) is 5.91 Å². The summed E-state index contributed by atoms with van der Waals surface area (Å²) in [5.74, 6) is -1.70. The summed E-state index contributed by atoms with van der Waals surface area (Å²) in [5.41, 5.74) is 1.61. The number of halogens is 2. The number of urea groups is 1. The molecule has 10 heteroatoms. The van der Waals surface area contributed by atoms with Gasteiger partial charge in [0.05, 0.1) is 18.2 Å². The van der Waals surface area contributed by atoms with Crippen molar-refractivity contribution < 1.29 is 27.9 Å². The summed E-state index contributed by atoms with van der Waals surface area (Å²) < 4.78 is 32.5. The third-order valence-electron chi connectivity index (χ3n) is 6.69. The van der Waals surface area contributed by atoms with Crippen LogP contribution >= 0.6 is 0 Å². The molecule has 8 nitrogen and oxygen atoms in total. The minimum atomic E-state index is -0.799. The van der Waals surface area contributed by atoms with E-state index in [0.717, 1.165) is 0 Å². The van der Waals surface area contributed by atoms with Crippen LogP contribution in [0.25, 0.3) is 0 Å². The lowest BCUT2D eigenvalue weighted by molar-refractivity contribution is -0.139. The second-order valence-corrected chi connectivity index (χ2v) is 9.17. The van der Waals surface area contributed by atoms with Gasteiger partial charge in [0.1, 0.15) is 11.6 Å². The van der Waals surface area contributed by atoms with Crippen molar-refractivity contribution in [3.63, 3.8) is 0 Å². The highest BCUT2D eigenvalue weighted by atomic mass is 19.1. The first-order chi connectivity index (χ1) is 17.7. The molecule has 0 bridgehead atoms. The molecule has 2 aromatic carbocycles. The Morgan fingerprint density at radius 2 is 1.81 bits per heavy atom. The van der Waals surface area contributed by atoms with Gasteiger partial charge in [-0.2, -0.15) is 0 Å². The molecule has 1 N–H and O–H groups in total. The van der Waals surface area contributed by atoms with E-state index in [1.165, 1.54) is 47.4 Å². The van der Waals surface area contributed by atoms with Gasteiger partial charge in [-0.25, -0.2) is 18.4 Å². The summed E-state index contributed by atoms with van der Waals surface area (Å²) in [4.78, 5) is 44.1. The zero-order valence-electron chi connectivity index (χ0n) is 21.0. The van der Waals surface area contributed by atoms with Crippen LogP contribution in [0.5, 0.6) is 0 Å². The standard InChI is InChI=1S/C27H30F2N4O4/c1-4-37-26(35)23-22(31(3)27(36)30-24(23)18-8-10-20(28)11-9-18)16-32-12-13-33(17(2)15-32)25(34)19-6-5-7-21(29)14-19/h5-11,14,17,24H,4,12-13,15-16H2,1-3H3,(H,30,36)/t17-,24+/m0/s1. The number of benzene rings is 2. The van der Waals surface area contributed by atoms with Crippen molar-refractivity contribution >= 4 is 17.9 Å². The number of piperazine rings is 1. The van der Waals surface area contributed by atoms with Crippen molar-refractivity contribution in [2.24, 2.45) is 0 Å². The average molecular weight is 513 g/mol. The number of hydrogen-bond donors (Lipinski definition) is 1. The Bertz CT molecular complexity index is 1220. The van der Waals surface area contributed by atoms with Crippen LogP contribution in [0.3, 0.4) is 0 Å². The van der Waals surface area contributed by atoms with Gasteiger partial charge in [0, 0.05) is 50.5 Å². The number of carbonyl (C=O) groups is 3. The quantitative estimate of drug-likeness (QED) is 0.601. The molecular weight excluding hydrogens is 482 g/mol. The lowest BCUT2D eigenvalue weighted by atomic mass is 9.94. The molecule has 0 aliphatic carbocycles. The van der Waals surface area contributed by atoms with Gasteiger partial charge in [0.15, 0.2) is 0 Å². The molecule has 0 aromatic heterocycles. The summed E-state index contributed by atoms with van der Waals surface area (Å²) >= 11 is 0. The largest absolute Gasteiger partial charge is 0.463 e. The minimum Gasteiger partial charge on any atom is -0.463 e. The summed E-state index contributed by atoms with van der Waals surface area (Å²) in [6, 6.07) is 9.84. The molecule has 4 rings (SSSR count). The van der Waals surface area contributed by atoms with Crippen molar-refractivity contribution in [1.29, 1.82) is 0 Å². The smallest absolute Gasteiger partial charge is 0.338 e. The zero-order chi connectivity index (χ0) is 26.7. The number of nitrogens with one attached hydrogen (secondary N) is 1. The predicted octanol–water partition coefficient (Wildman–Crippen LogP) is 3.32. The number of esters is 1. The van der Waals surface area contributed by atoms with Crippen molar-refractivity contribution in [1.82, 2.24) is 20.0 Å². The van der Waals surface area contributed by atoms with E-state index in [1.807, 2.05) is 6.92 Å². The molecule has 2 aromatic rings. The molecule has 2 heterocycles. The maximum Gasteiger partial charge on any atom is 0.338 e. The molecule has 2 aliphatic rings. The lowest BCUT2D eigenvalue weighted by Crippen LogP contribution is -2.56. The van der Waals surface area contributed by atoms with Crippen molar-refractivity contribution in [2.45, 2.75) is 25.9 Å². The van der Waals surface area contributed by atoms with Gasteiger partial charge in [-0.3, -0.25) is 14.6 Å². The Balaban J connectivity index is 1.59. The number of hydrogen-bond acceptors (Lipinski definition) is 5. The summed E-state index contributed by atoms with van der Waals surface area (Å²) in [6.45, 7) is 5.40. The molecule has 3 amide bonds. The van der Waals surface area contributed by atoms with Gasteiger partial charge in [0.2, 0.25) is 0 Å². The molecule has 2 aliphatic heterocycles. The molecule has 1 saturated heterocycles. The monoisotopic (exact) mass is 512 g/mol. The van der Waals surface area contributed by atoms with E-state index in [-0.39, 0.29) is 30.7 Å². The predicted molar refractivity (Wildman–Crippen MR) is 132 cm³/mol. The van der Waals surface area contributed by atoms with Gasteiger partial charge in [-0.1, -0.05) is 18.2 Å². The molecule has 0 saturated carbocycles. The summed E-state index contributed by atoms with van der Waals surface area (Å²) in [5, 5.41) is 2.82. The van der Waals surface area contributed by atoms with Crippen LogP contribution in [0.4, 0.5) is 13.6 Å². The van der Waals surface area contributed by atoms with Gasteiger partial charge in [-0.05, 0) is 49.7 Å². The van der Waals surface area contributed by atoms with E-state index in [4.69, 9.17) is 4.74 Å². The summed E-state index contributed by atoms with van der Waals surface area (Å²) in [6.07, 6.45) is 0. The number of ether oxygens (including phenoxy) is 1. The van der Waals surface area contributed by atoms with Crippen LogP contribution in [0.15, 0.2) is 59.8 Å². The zero-order valence-corrected chi connectivity index (χ0v) is 21.0. The van der Waals surface area contributed by atoms with Crippen molar-refractivity contribution in [3.8, 4) is 0 Å². The molecule has 196 valence electrons. The van der Waals surface area contributed by atoms with E-state index in [2.05, 4.69) is 10.2 Å². The van der Waals surface area contributed by atoms with Crippen LogP contribution < -0.4 is 5.32 Å². The van der Waals surface area contributed by atoms with Crippen LogP contribution in [0, 0.1) is 11.6 Å². The third-order valence-corrected chi connectivity index (χ3v) is 6.69. The molecule has 0 spiro atoms.